The van der Waals surface area contributed by atoms with Gasteiger partial charge in [-0.05, 0) is 49.6 Å². The molecule has 0 aromatic rings. The largest absolute Gasteiger partial charge is 0.335 e. The van der Waals surface area contributed by atoms with Gasteiger partial charge in [-0.3, -0.25) is 9.79 Å². The molecule has 0 spiro atoms. The summed E-state index contributed by atoms with van der Waals surface area (Å²) < 4.78 is 0. The standard InChI is InChI=1S/C23H22Cl2N4OS/c1-29-18-13-6-5-10-15(18)20(14-8-3-2-4-9-14)27-21(22(29)30)28-23(31)26-17-12-7-11-16(24)19(17)25/h2-3,5,8,10-11,15,18,21H,4,7,9,12H2,1H3,(H2,26,28,31). The van der Waals surface area contributed by atoms with E-state index in [-0.39, 0.29) is 23.0 Å². The number of hydrogen-bond acceptors (Lipinski definition) is 3. The smallest absolute Gasteiger partial charge is 0.268 e. The number of thiocarbonyl (C=S) groups is 1. The van der Waals surface area contributed by atoms with E-state index >= 15 is 0 Å². The third-order valence-corrected chi connectivity index (χ3v) is 6.70. The molecule has 0 fully saturated rings. The molecule has 0 saturated carbocycles. The number of aliphatic imine (C=N–C) groups is 1. The number of nitrogens with zero attached hydrogens (tertiary/aromatic N) is 2. The van der Waals surface area contributed by atoms with Gasteiger partial charge in [0.1, 0.15) is 6.04 Å². The molecule has 31 heavy (non-hydrogen) atoms. The molecule has 0 aromatic carbocycles. The van der Waals surface area contributed by atoms with Crippen LogP contribution < -0.4 is 10.6 Å². The summed E-state index contributed by atoms with van der Waals surface area (Å²) >= 11 is 17.9. The zero-order valence-corrected chi connectivity index (χ0v) is 19.3. The fraction of sp³-hybridized carbons (Fsp3) is 0.348. The molecule has 2 N–H and O–H groups in total. The van der Waals surface area contributed by atoms with Crippen LogP contribution in [0.4, 0.5) is 0 Å². The number of hydrogen-bond donors (Lipinski definition) is 2. The van der Waals surface area contributed by atoms with Crippen molar-refractivity contribution < 1.29 is 4.79 Å². The van der Waals surface area contributed by atoms with Gasteiger partial charge in [0.15, 0.2) is 5.11 Å². The second-order valence-corrected chi connectivity index (χ2v) is 8.82. The van der Waals surface area contributed by atoms with Gasteiger partial charge in [0.2, 0.25) is 6.17 Å². The van der Waals surface area contributed by atoms with Gasteiger partial charge in [0.25, 0.3) is 5.91 Å². The van der Waals surface area contributed by atoms with E-state index in [4.69, 9.17) is 40.4 Å². The second-order valence-electron chi connectivity index (χ2n) is 7.62. The molecule has 8 heteroatoms. The van der Waals surface area contributed by atoms with Crippen molar-refractivity contribution in [2.24, 2.45) is 10.9 Å². The van der Waals surface area contributed by atoms with Crippen LogP contribution in [0.3, 0.4) is 0 Å². The Labute approximate surface area is 197 Å². The Bertz CT molecular complexity index is 1060. The van der Waals surface area contributed by atoms with E-state index in [1.54, 1.807) is 11.9 Å². The normalized spacial score (nSPS) is 27.3. The maximum atomic E-state index is 13.2. The summed E-state index contributed by atoms with van der Waals surface area (Å²) in [4.78, 5) is 19.8. The number of halogens is 2. The molecule has 5 nitrogen and oxygen atoms in total. The average molecular weight is 473 g/mol. The number of allylic oxidation sites excluding steroid dienone is 9. The van der Waals surface area contributed by atoms with Crippen LogP contribution in [0.1, 0.15) is 25.7 Å². The fourth-order valence-electron chi connectivity index (χ4n) is 3.98. The van der Waals surface area contributed by atoms with Crippen LogP contribution in [0.15, 0.2) is 62.8 Å². The highest BCUT2D eigenvalue weighted by Gasteiger charge is 2.38. The number of fused-ring (bicyclic) bond motifs is 1. The van der Waals surface area contributed by atoms with Gasteiger partial charge in [0, 0.05) is 12.7 Å². The summed E-state index contributed by atoms with van der Waals surface area (Å²) in [6.45, 7) is 0. The van der Waals surface area contributed by atoms with Crippen molar-refractivity contribution in [3.8, 4) is 11.8 Å². The molecule has 3 atom stereocenters. The van der Waals surface area contributed by atoms with Crippen molar-refractivity contribution in [2.45, 2.75) is 37.9 Å². The predicted molar refractivity (Wildman–Crippen MR) is 130 cm³/mol. The molecule has 1 amide bonds. The van der Waals surface area contributed by atoms with E-state index in [0.717, 1.165) is 36.2 Å². The lowest BCUT2D eigenvalue weighted by molar-refractivity contribution is -0.132. The Balaban J connectivity index is 1.62. The number of likely N-dealkylation sites (N-methyl/N-ethyl adjacent to an activating group) is 1. The quantitative estimate of drug-likeness (QED) is 0.483. The van der Waals surface area contributed by atoms with Gasteiger partial charge in [0.05, 0.1) is 21.7 Å². The third kappa shape index (κ3) is 4.64. The Morgan fingerprint density at radius 2 is 2.16 bits per heavy atom. The number of nitrogens with one attached hydrogen (secondary N) is 2. The molecule has 4 aliphatic rings. The summed E-state index contributed by atoms with van der Waals surface area (Å²) in [7, 11) is 1.76. The first-order chi connectivity index (χ1) is 15.0. The molecule has 1 heterocycles. The van der Waals surface area contributed by atoms with Crippen molar-refractivity contribution >= 4 is 52.2 Å². The molecule has 160 valence electrons. The van der Waals surface area contributed by atoms with Gasteiger partial charge in [-0.2, -0.15) is 0 Å². The van der Waals surface area contributed by atoms with E-state index in [2.05, 4.69) is 34.6 Å². The maximum Gasteiger partial charge on any atom is 0.268 e. The molecular weight excluding hydrogens is 451 g/mol. The van der Waals surface area contributed by atoms with E-state index in [1.807, 2.05) is 24.3 Å². The van der Waals surface area contributed by atoms with Gasteiger partial charge in [-0.1, -0.05) is 65.4 Å². The third-order valence-electron chi connectivity index (χ3n) is 5.61. The molecule has 3 unspecified atom stereocenters. The Hall–Kier alpha value is -2.33. The van der Waals surface area contributed by atoms with Crippen LogP contribution in [-0.4, -0.2) is 40.9 Å². The van der Waals surface area contributed by atoms with Crippen molar-refractivity contribution in [3.05, 3.63) is 57.8 Å². The van der Waals surface area contributed by atoms with Gasteiger partial charge in [-0.25, -0.2) is 0 Å². The Kier molecular flexibility index (Phi) is 6.66. The van der Waals surface area contributed by atoms with Crippen LogP contribution in [-0.2, 0) is 4.79 Å². The summed E-state index contributed by atoms with van der Waals surface area (Å²) in [5, 5.41) is 7.38. The van der Waals surface area contributed by atoms with Crippen molar-refractivity contribution in [1.82, 2.24) is 15.5 Å². The second kappa shape index (κ2) is 9.44. The minimum atomic E-state index is -0.860. The lowest BCUT2D eigenvalue weighted by atomic mass is 9.85. The number of rotatable bonds is 3. The SMILES string of the molecule is CN1C(=O)C(NC(=S)NC2=C(Cl)C(Cl)=CCC2)N=C(C2=CC=CCC2)C2C=CC#CC21. The minimum absolute atomic E-state index is 0.0827. The molecule has 4 rings (SSSR count). The first kappa shape index (κ1) is 21.9. The summed E-state index contributed by atoms with van der Waals surface area (Å²) in [6, 6.07) is -0.268. The summed E-state index contributed by atoms with van der Waals surface area (Å²) in [5.74, 6) is 5.91. The molecule has 0 radical (unpaired) electrons. The molecule has 3 aliphatic carbocycles. The van der Waals surface area contributed by atoms with Crippen molar-refractivity contribution in [2.75, 3.05) is 7.05 Å². The number of carbonyl (C=O) groups is 1. The van der Waals surface area contributed by atoms with E-state index in [0.29, 0.717) is 16.5 Å². The lowest BCUT2D eigenvalue weighted by Gasteiger charge is -2.30. The Morgan fingerprint density at radius 1 is 1.32 bits per heavy atom. The maximum absolute atomic E-state index is 13.2. The average Bonchev–Trinajstić information content (AvgIpc) is 2.88. The van der Waals surface area contributed by atoms with Crippen LogP contribution >= 0.6 is 35.4 Å². The van der Waals surface area contributed by atoms with Crippen LogP contribution in [0.5, 0.6) is 0 Å². The van der Waals surface area contributed by atoms with Crippen molar-refractivity contribution in [3.63, 3.8) is 0 Å². The number of carbonyl (C=O) groups excluding carboxylic acids is 1. The first-order valence-corrected chi connectivity index (χ1v) is 11.3. The van der Waals surface area contributed by atoms with Crippen LogP contribution in [0, 0.1) is 17.8 Å². The van der Waals surface area contributed by atoms with Crippen LogP contribution in [0.25, 0.3) is 0 Å². The van der Waals surface area contributed by atoms with E-state index in [9.17, 15) is 4.79 Å². The molecule has 0 saturated heterocycles. The first-order valence-electron chi connectivity index (χ1n) is 10.2. The monoisotopic (exact) mass is 472 g/mol. The lowest BCUT2D eigenvalue weighted by Crippen LogP contribution is -2.51. The molecule has 0 bridgehead atoms. The minimum Gasteiger partial charge on any atom is -0.335 e. The van der Waals surface area contributed by atoms with Gasteiger partial charge in [-0.15, -0.1) is 0 Å². The van der Waals surface area contributed by atoms with Crippen LogP contribution in [0.2, 0.25) is 0 Å². The predicted octanol–water partition coefficient (Wildman–Crippen LogP) is 3.89. The highest BCUT2D eigenvalue weighted by atomic mass is 35.5. The highest BCUT2D eigenvalue weighted by Crippen LogP contribution is 2.30. The Morgan fingerprint density at radius 3 is 2.94 bits per heavy atom. The molecule has 1 aliphatic heterocycles. The highest BCUT2D eigenvalue weighted by molar-refractivity contribution is 7.80. The zero-order valence-electron chi connectivity index (χ0n) is 17.0. The fourth-order valence-corrected chi connectivity index (χ4v) is 4.65. The topological polar surface area (TPSA) is 56.7 Å². The molecule has 0 aromatic heterocycles. The summed E-state index contributed by atoms with van der Waals surface area (Å²) in [6.07, 6.45) is 14.4. The van der Waals surface area contributed by atoms with Gasteiger partial charge < -0.3 is 15.5 Å². The molecular formula is C23H22Cl2N4OS. The number of amides is 1. The van der Waals surface area contributed by atoms with E-state index in [1.165, 1.54) is 0 Å². The van der Waals surface area contributed by atoms with E-state index < -0.39 is 6.17 Å². The zero-order chi connectivity index (χ0) is 22.0. The van der Waals surface area contributed by atoms with Gasteiger partial charge >= 0.3 is 0 Å². The summed E-state index contributed by atoms with van der Waals surface area (Å²) in [5.41, 5.74) is 2.72. The van der Waals surface area contributed by atoms with Crippen molar-refractivity contribution in [1.29, 1.82) is 0 Å².